The summed E-state index contributed by atoms with van der Waals surface area (Å²) in [6.45, 7) is 0.771. The van der Waals surface area contributed by atoms with E-state index in [4.69, 9.17) is 4.74 Å². The van der Waals surface area contributed by atoms with Gasteiger partial charge in [-0.25, -0.2) is 9.78 Å². The molecule has 1 aromatic carbocycles. The lowest BCUT2D eigenvalue weighted by atomic mass is 10.2. The van der Waals surface area contributed by atoms with Gasteiger partial charge in [0, 0.05) is 18.6 Å². The van der Waals surface area contributed by atoms with Gasteiger partial charge in [-0.3, -0.25) is 0 Å². The summed E-state index contributed by atoms with van der Waals surface area (Å²) >= 11 is 1.52. The maximum atomic E-state index is 11.7. The Labute approximate surface area is 110 Å². The predicted octanol–water partition coefficient (Wildman–Crippen LogP) is 2.91. The highest BCUT2D eigenvalue weighted by atomic mass is 32.1. The van der Waals surface area contributed by atoms with E-state index in [0.29, 0.717) is 13.2 Å². The molecule has 4 nitrogen and oxygen atoms in total. The molecule has 0 N–H and O–H groups in total. The number of rotatable bonds is 4. The van der Waals surface area contributed by atoms with Crippen LogP contribution in [0.1, 0.15) is 10.6 Å². The van der Waals surface area contributed by atoms with Gasteiger partial charge in [-0.05, 0) is 5.56 Å². The SMILES string of the molecule is CN(Cc1nccs1)C(=O)OCc1ccccc1. The van der Waals surface area contributed by atoms with Crippen LogP contribution in [-0.4, -0.2) is 23.0 Å². The van der Waals surface area contributed by atoms with E-state index < -0.39 is 0 Å². The number of benzene rings is 1. The van der Waals surface area contributed by atoms with Crippen LogP contribution in [0.25, 0.3) is 0 Å². The Morgan fingerprint density at radius 3 is 2.83 bits per heavy atom. The Hall–Kier alpha value is -1.88. The third-order valence-corrected chi connectivity index (χ3v) is 3.14. The second-order valence-electron chi connectivity index (χ2n) is 3.82. The van der Waals surface area contributed by atoms with Gasteiger partial charge < -0.3 is 9.64 Å². The molecule has 0 saturated heterocycles. The summed E-state index contributed by atoms with van der Waals surface area (Å²) < 4.78 is 5.20. The molecule has 2 aromatic rings. The van der Waals surface area contributed by atoms with Crippen molar-refractivity contribution >= 4 is 17.4 Å². The molecule has 1 amide bonds. The molecule has 0 aliphatic carbocycles. The van der Waals surface area contributed by atoms with E-state index in [1.807, 2.05) is 35.7 Å². The highest BCUT2D eigenvalue weighted by Crippen LogP contribution is 2.08. The predicted molar refractivity (Wildman–Crippen MR) is 70.2 cm³/mol. The zero-order chi connectivity index (χ0) is 12.8. The van der Waals surface area contributed by atoms with Crippen molar-refractivity contribution in [3.05, 3.63) is 52.5 Å². The largest absolute Gasteiger partial charge is 0.445 e. The highest BCUT2D eigenvalue weighted by Gasteiger charge is 2.11. The highest BCUT2D eigenvalue weighted by molar-refractivity contribution is 7.09. The van der Waals surface area contributed by atoms with Crippen molar-refractivity contribution in [1.82, 2.24) is 9.88 Å². The van der Waals surface area contributed by atoms with Crippen LogP contribution in [0.3, 0.4) is 0 Å². The number of carbonyl (C=O) groups excluding carboxylic acids is 1. The van der Waals surface area contributed by atoms with Crippen molar-refractivity contribution < 1.29 is 9.53 Å². The van der Waals surface area contributed by atoms with Crippen LogP contribution < -0.4 is 0 Å². The molecular weight excluding hydrogens is 248 g/mol. The lowest BCUT2D eigenvalue weighted by Gasteiger charge is -2.15. The molecule has 0 saturated carbocycles. The first-order valence-corrected chi connectivity index (χ1v) is 6.44. The maximum absolute atomic E-state index is 11.7. The van der Waals surface area contributed by atoms with Crippen LogP contribution >= 0.6 is 11.3 Å². The van der Waals surface area contributed by atoms with Gasteiger partial charge in [-0.15, -0.1) is 11.3 Å². The molecule has 0 radical (unpaired) electrons. The molecule has 94 valence electrons. The number of hydrogen-bond donors (Lipinski definition) is 0. The molecular formula is C13H14N2O2S. The minimum absolute atomic E-state index is 0.294. The van der Waals surface area contributed by atoms with Crippen LogP contribution in [0.4, 0.5) is 4.79 Å². The lowest BCUT2D eigenvalue weighted by molar-refractivity contribution is 0.103. The molecule has 5 heteroatoms. The van der Waals surface area contributed by atoms with Crippen LogP contribution in [0, 0.1) is 0 Å². The Morgan fingerprint density at radius 2 is 2.17 bits per heavy atom. The average molecular weight is 262 g/mol. The van der Waals surface area contributed by atoms with Crippen LogP contribution in [-0.2, 0) is 17.9 Å². The van der Waals surface area contributed by atoms with Gasteiger partial charge in [0.25, 0.3) is 0 Å². The van der Waals surface area contributed by atoms with E-state index in [2.05, 4.69) is 4.98 Å². The molecule has 0 atom stereocenters. The van der Waals surface area contributed by atoms with Gasteiger partial charge in [0.05, 0.1) is 6.54 Å². The molecule has 2 rings (SSSR count). The standard InChI is InChI=1S/C13H14N2O2S/c1-15(9-12-14-7-8-18-12)13(16)17-10-11-5-3-2-4-6-11/h2-8H,9-10H2,1H3. The van der Waals surface area contributed by atoms with Gasteiger partial charge >= 0.3 is 6.09 Å². The van der Waals surface area contributed by atoms with E-state index in [0.717, 1.165) is 10.6 Å². The van der Waals surface area contributed by atoms with Gasteiger partial charge in [0.1, 0.15) is 11.6 Å². The van der Waals surface area contributed by atoms with Crippen LogP contribution in [0.2, 0.25) is 0 Å². The van der Waals surface area contributed by atoms with E-state index in [9.17, 15) is 4.79 Å². The summed E-state index contributed by atoms with van der Waals surface area (Å²) in [6.07, 6.45) is 1.39. The summed E-state index contributed by atoms with van der Waals surface area (Å²) in [4.78, 5) is 17.4. The maximum Gasteiger partial charge on any atom is 0.410 e. The number of hydrogen-bond acceptors (Lipinski definition) is 4. The summed E-state index contributed by atoms with van der Waals surface area (Å²) in [6, 6.07) is 9.62. The molecule has 0 aliphatic rings. The van der Waals surface area contributed by atoms with E-state index in [1.54, 1.807) is 13.2 Å². The monoisotopic (exact) mass is 262 g/mol. The average Bonchev–Trinajstić information content (AvgIpc) is 2.90. The summed E-state index contributed by atoms with van der Waals surface area (Å²) in [7, 11) is 1.70. The topological polar surface area (TPSA) is 42.4 Å². The Kier molecular flexibility index (Phi) is 4.30. The van der Waals surface area contributed by atoms with Gasteiger partial charge in [0.2, 0.25) is 0 Å². The molecule has 0 spiro atoms. The van der Waals surface area contributed by atoms with Crippen molar-refractivity contribution in [2.24, 2.45) is 0 Å². The zero-order valence-electron chi connectivity index (χ0n) is 10.1. The minimum atomic E-state index is -0.339. The fourth-order valence-electron chi connectivity index (χ4n) is 1.43. The van der Waals surface area contributed by atoms with E-state index in [1.165, 1.54) is 16.2 Å². The van der Waals surface area contributed by atoms with Crippen molar-refractivity contribution in [1.29, 1.82) is 0 Å². The summed E-state index contributed by atoms with van der Waals surface area (Å²) in [5.74, 6) is 0. The smallest absolute Gasteiger partial charge is 0.410 e. The van der Waals surface area contributed by atoms with Crippen LogP contribution in [0.15, 0.2) is 41.9 Å². The molecule has 1 heterocycles. The van der Waals surface area contributed by atoms with E-state index in [-0.39, 0.29) is 6.09 Å². The second-order valence-corrected chi connectivity index (χ2v) is 4.80. The third kappa shape index (κ3) is 3.56. The second kappa shape index (κ2) is 6.16. The minimum Gasteiger partial charge on any atom is -0.445 e. The van der Waals surface area contributed by atoms with Gasteiger partial charge in [0.15, 0.2) is 0 Å². The molecule has 0 fully saturated rings. The first kappa shape index (κ1) is 12.6. The number of nitrogens with zero attached hydrogens (tertiary/aromatic N) is 2. The fraction of sp³-hybridized carbons (Fsp3) is 0.231. The number of aromatic nitrogens is 1. The van der Waals surface area contributed by atoms with Crippen molar-refractivity contribution in [2.75, 3.05) is 7.05 Å². The van der Waals surface area contributed by atoms with Gasteiger partial charge in [-0.1, -0.05) is 30.3 Å². The summed E-state index contributed by atoms with van der Waals surface area (Å²) in [5.41, 5.74) is 0.980. The normalized spacial score (nSPS) is 10.1. The fourth-order valence-corrected chi connectivity index (χ4v) is 2.10. The first-order chi connectivity index (χ1) is 8.75. The van der Waals surface area contributed by atoms with Crippen molar-refractivity contribution in [2.45, 2.75) is 13.2 Å². The number of carbonyl (C=O) groups is 1. The molecule has 0 bridgehead atoms. The van der Waals surface area contributed by atoms with Crippen molar-refractivity contribution in [3.8, 4) is 0 Å². The number of ether oxygens (including phenoxy) is 1. The first-order valence-electron chi connectivity index (χ1n) is 5.56. The number of amides is 1. The van der Waals surface area contributed by atoms with Crippen molar-refractivity contribution in [3.63, 3.8) is 0 Å². The molecule has 1 aromatic heterocycles. The molecule has 0 unspecified atom stereocenters. The zero-order valence-corrected chi connectivity index (χ0v) is 10.9. The molecule has 18 heavy (non-hydrogen) atoms. The van der Waals surface area contributed by atoms with Gasteiger partial charge in [-0.2, -0.15) is 0 Å². The third-order valence-electron chi connectivity index (χ3n) is 2.37. The summed E-state index contributed by atoms with van der Waals surface area (Å²) in [5, 5.41) is 2.78. The Bertz CT molecular complexity index is 485. The Morgan fingerprint density at radius 1 is 1.39 bits per heavy atom. The number of thiazole rings is 1. The lowest BCUT2D eigenvalue weighted by Crippen LogP contribution is -2.26. The van der Waals surface area contributed by atoms with Crippen LogP contribution in [0.5, 0.6) is 0 Å². The Balaban J connectivity index is 1.81. The molecule has 0 aliphatic heterocycles. The quantitative estimate of drug-likeness (QED) is 0.850. The van der Waals surface area contributed by atoms with E-state index >= 15 is 0 Å².